The summed E-state index contributed by atoms with van der Waals surface area (Å²) in [7, 11) is 0. The molecule has 0 bridgehead atoms. The molecule has 9 N–H and O–H groups in total. The normalized spacial score (nSPS) is 12.8. The van der Waals surface area contributed by atoms with Crippen molar-refractivity contribution < 1.29 is 39.6 Å². The summed E-state index contributed by atoms with van der Waals surface area (Å²) in [4.78, 5) is 46.6. The Labute approximate surface area is 180 Å². The van der Waals surface area contributed by atoms with Crippen molar-refractivity contribution >= 4 is 29.7 Å². The number of carbonyl (C=O) groups is 4. The lowest BCUT2D eigenvalue weighted by molar-refractivity contribution is -0.175. The number of Topliss-reactive ketones (excluding diaryl/α,β-unsaturated/α-hetero) is 1. The molecule has 0 aliphatic heterocycles. The molecule has 2 aromatic rings. The van der Waals surface area contributed by atoms with Crippen LogP contribution < -0.4 is 11.5 Å². The number of ketones is 1. The van der Waals surface area contributed by atoms with Gasteiger partial charge in [0.05, 0.1) is 6.42 Å². The maximum Gasteiger partial charge on any atom is 0.337 e. The number of hydrogen-bond acceptors (Lipinski definition) is 7. The third-order valence-corrected chi connectivity index (χ3v) is 4.05. The van der Waals surface area contributed by atoms with Crippen LogP contribution in [-0.4, -0.2) is 60.2 Å². The number of guanidine groups is 1. The minimum atomic E-state index is -3.35. The van der Waals surface area contributed by atoms with Crippen molar-refractivity contribution in [2.75, 3.05) is 0 Å². The van der Waals surface area contributed by atoms with Gasteiger partial charge in [0.1, 0.15) is 11.8 Å². The van der Waals surface area contributed by atoms with E-state index in [-0.39, 0.29) is 17.2 Å². The highest BCUT2D eigenvalue weighted by atomic mass is 16.4. The number of aliphatic hydroxyl groups is 1. The predicted molar refractivity (Wildman–Crippen MR) is 107 cm³/mol. The van der Waals surface area contributed by atoms with E-state index >= 15 is 0 Å². The average molecular weight is 445 g/mol. The minimum Gasteiger partial charge on any atom is -0.481 e. The zero-order valence-electron chi connectivity index (χ0n) is 16.3. The van der Waals surface area contributed by atoms with Crippen LogP contribution in [0.2, 0.25) is 0 Å². The number of benzene rings is 1. The van der Waals surface area contributed by atoms with Crippen molar-refractivity contribution in [3.63, 3.8) is 0 Å². The van der Waals surface area contributed by atoms with Crippen molar-refractivity contribution in [3.8, 4) is 11.8 Å². The summed E-state index contributed by atoms with van der Waals surface area (Å²) in [5, 5.41) is 52.8. The first kappa shape index (κ1) is 25.3. The van der Waals surface area contributed by atoms with Crippen LogP contribution in [0.3, 0.4) is 0 Å². The fourth-order valence-corrected chi connectivity index (χ4v) is 2.74. The highest BCUT2D eigenvalue weighted by Gasteiger charge is 2.54. The Morgan fingerprint density at radius 3 is 2.19 bits per heavy atom. The number of aliphatic carboxylic acids is 3. The van der Waals surface area contributed by atoms with Gasteiger partial charge in [-0.05, 0) is 24.3 Å². The molecule has 13 heteroatoms. The largest absolute Gasteiger partial charge is 0.481 e. The van der Waals surface area contributed by atoms with E-state index < -0.39 is 41.6 Å². The summed E-state index contributed by atoms with van der Waals surface area (Å²) in [5.41, 5.74) is 5.87. The zero-order valence-corrected chi connectivity index (χ0v) is 16.3. The molecule has 0 saturated carbocycles. The first-order chi connectivity index (χ1) is 14.8. The number of aromatic nitrogens is 1. The Balaban J connectivity index is 0.00000118. The van der Waals surface area contributed by atoms with Crippen molar-refractivity contribution in [2.45, 2.75) is 12.0 Å². The molecule has 1 aromatic carbocycles. The Kier molecular flexibility index (Phi) is 8.21. The van der Waals surface area contributed by atoms with E-state index in [2.05, 4.69) is 11.5 Å². The van der Waals surface area contributed by atoms with Gasteiger partial charge in [0, 0.05) is 17.4 Å². The summed E-state index contributed by atoms with van der Waals surface area (Å²) >= 11 is 0. The van der Waals surface area contributed by atoms with E-state index in [9.17, 15) is 34.5 Å². The van der Waals surface area contributed by atoms with Gasteiger partial charge < -0.3 is 36.5 Å². The maximum atomic E-state index is 12.7. The van der Waals surface area contributed by atoms with Crippen LogP contribution in [0.4, 0.5) is 0 Å². The lowest BCUT2D eigenvalue weighted by Crippen LogP contribution is -2.54. The van der Waals surface area contributed by atoms with E-state index in [0.717, 1.165) is 0 Å². The second-order valence-corrected chi connectivity index (χ2v) is 6.32. The fraction of sp³-hybridized carbons (Fsp3) is 0.158. The second-order valence-electron chi connectivity index (χ2n) is 6.32. The van der Waals surface area contributed by atoms with E-state index in [4.69, 9.17) is 15.8 Å². The summed E-state index contributed by atoms with van der Waals surface area (Å²) < 4.78 is 1.41. The Morgan fingerprint density at radius 1 is 1.12 bits per heavy atom. The van der Waals surface area contributed by atoms with Gasteiger partial charge in [0.25, 0.3) is 0 Å². The van der Waals surface area contributed by atoms with Crippen molar-refractivity contribution in [2.24, 2.45) is 17.4 Å². The Morgan fingerprint density at radius 2 is 1.72 bits per heavy atom. The number of carboxylic acids is 3. The van der Waals surface area contributed by atoms with Crippen molar-refractivity contribution in [1.82, 2.24) is 4.57 Å². The lowest BCUT2D eigenvalue weighted by Gasteiger charge is -2.27. The molecule has 32 heavy (non-hydrogen) atoms. The van der Waals surface area contributed by atoms with Crippen LogP contribution in [0.5, 0.6) is 0 Å². The minimum absolute atomic E-state index is 0.229. The molecule has 168 valence electrons. The lowest BCUT2D eigenvalue weighted by atomic mass is 9.79. The first-order valence-corrected chi connectivity index (χ1v) is 8.57. The number of rotatable bonds is 8. The Bertz CT molecular complexity index is 1100. The molecule has 0 fully saturated rings. The zero-order chi connectivity index (χ0) is 24.6. The molecule has 1 aromatic heterocycles. The van der Waals surface area contributed by atoms with Gasteiger partial charge in [-0.2, -0.15) is 5.26 Å². The molecule has 0 radical (unpaired) electrons. The SMILES string of the molecule is N#Cc1cccn1-c1cccc(C(=O)C(C(=O)O)C(O)(CC(=O)O)C(=O)O)c1.N=C(N)N. The molecule has 2 unspecified atom stereocenters. The standard InChI is InChI=1S/C18H14N2O8.CH5N3/c19-9-12-5-2-6-20(12)11-4-1-3-10(7-11)15(23)14(16(24)25)18(28,17(26)27)8-13(21)22;2-1(3)4/h1-7,14,28H,8H2,(H,21,22)(H,24,25)(H,26,27);(H5,2,3,4). The van der Waals surface area contributed by atoms with E-state index in [1.54, 1.807) is 6.07 Å². The van der Waals surface area contributed by atoms with Crippen LogP contribution in [0.15, 0.2) is 42.6 Å². The molecule has 1 heterocycles. The average Bonchev–Trinajstić information content (AvgIpc) is 3.15. The van der Waals surface area contributed by atoms with Gasteiger partial charge in [0.2, 0.25) is 0 Å². The number of carbonyl (C=O) groups excluding carboxylic acids is 1. The van der Waals surface area contributed by atoms with Crippen LogP contribution in [0, 0.1) is 22.7 Å². The van der Waals surface area contributed by atoms with Crippen LogP contribution in [0.25, 0.3) is 5.69 Å². The summed E-state index contributed by atoms with van der Waals surface area (Å²) in [6, 6.07) is 10.3. The molecule has 13 nitrogen and oxygen atoms in total. The fourth-order valence-electron chi connectivity index (χ4n) is 2.74. The predicted octanol–water partition coefficient (Wildman–Crippen LogP) is -0.639. The number of nitrogens with zero attached hydrogens (tertiary/aromatic N) is 2. The highest BCUT2D eigenvalue weighted by molar-refractivity contribution is 6.12. The van der Waals surface area contributed by atoms with Gasteiger partial charge in [-0.15, -0.1) is 0 Å². The summed E-state index contributed by atoms with van der Waals surface area (Å²) in [6.07, 6.45) is 0.0374. The van der Waals surface area contributed by atoms with Crippen molar-refractivity contribution in [3.05, 3.63) is 53.9 Å². The van der Waals surface area contributed by atoms with E-state index in [1.807, 2.05) is 6.07 Å². The molecule has 2 rings (SSSR count). The maximum absolute atomic E-state index is 12.7. The molecule has 0 aliphatic carbocycles. The molecular formula is C19H19N5O8. The number of carboxylic acid groups (broad SMARTS) is 3. The summed E-state index contributed by atoms with van der Waals surface area (Å²) in [5.74, 6) is -10.1. The smallest absolute Gasteiger partial charge is 0.337 e. The van der Waals surface area contributed by atoms with E-state index in [1.165, 1.54) is 41.1 Å². The summed E-state index contributed by atoms with van der Waals surface area (Å²) in [6.45, 7) is 0. The van der Waals surface area contributed by atoms with Crippen LogP contribution >= 0.6 is 0 Å². The molecule has 0 amide bonds. The molecule has 0 aliphatic rings. The van der Waals surface area contributed by atoms with Crippen molar-refractivity contribution in [1.29, 1.82) is 10.7 Å². The van der Waals surface area contributed by atoms with Crippen LogP contribution in [0.1, 0.15) is 22.5 Å². The van der Waals surface area contributed by atoms with Gasteiger partial charge in [-0.1, -0.05) is 12.1 Å². The third kappa shape index (κ3) is 5.90. The van der Waals surface area contributed by atoms with Crippen LogP contribution in [-0.2, 0) is 14.4 Å². The van der Waals surface area contributed by atoms with E-state index in [0.29, 0.717) is 5.69 Å². The highest BCUT2D eigenvalue weighted by Crippen LogP contribution is 2.28. The number of nitrogens with one attached hydrogen (secondary N) is 1. The third-order valence-electron chi connectivity index (χ3n) is 4.05. The monoisotopic (exact) mass is 445 g/mol. The topological polar surface area (TPSA) is 254 Å². The molecule has 0 saturated heterocycles. The molecule has 2 atom stereocenters. The molecular weight excluding hydrogens is 426 g/mol. The number of nitriles is 1. The van der Waals surface area contributed by atoms with Gasteiger partial charge >= 0.3 is 17.9 Å². The van der Waals surface area contributed by atoms with Gasteiger partial charge in [0.15, 0.2) is 23.3 Å². The first-order valence-electron chi connectivity index (χ1n) is 8.57. The second kappa shape index (κ2) is 10.4. The van der Waals surface area contributed by atoms with Gasteiger partial charge in [-0.25, -0.2) is 4.79 Å². The quantitative estimate of drug-likeness (QED) is 0.116. The number of hydrogen-bond donors (Lipinski definition) is 7. The van der Waals surface area contributed by atoms with Gasteiger partial charge in [-0.3, -0.25) is 19.8 Å². The number of nitrogens with two attached hydrogens (primary N) is 2. The molecule has 0 spiro atoms. The Hall–Kier alpha value is -4.70.